The molecule has 8 heteroatoms. The summed E-state index contributed by atoms with van der Waals surface area (Å²) in [5.41, 5.74) is 4.61. The number of methoxy groups -OCH3 is 1. The Kier molecular flexibility index (Phi) is 4.97. The number of carbonyl (C=O) groups excluding carboxylic acids is 3. The summed E-state index contributed by atoms with van der Waals surface area (Å²) in [7, 11) is 1.24. The highest BCUT2D eigenvalue weighted by Crippen LogP contribution is 2.25. The molecule has 0 radical (unpaired) electrons. The summed E-state index contributed by atoms with van der Waals surface area (Å²) in [6, 6.07) is 7.98. The van der Waals surface area contributed by atoms with Gasteiger partial charge in [0.25, 0.3) is 17.5 Å². The molecule has 0 aliphatic carbocycles. The fraction of sp³-hybridized carbons (Fsp3) is 0.400. The molecule has 8 nitrogen and oxygen atoms in total. The van der Waals surface area contributed by atoms with Crippen molar-refractivity contribution in [2.45, 2.75) is 25.3 Å². The molecule has 124 valence electrons. The lowest BCUT2D eigenvalue weighted by molar-refractivity contribution is -0.191. The number of hydrogen-bond acceptors (Lipinski definition) is 6. The number of nitrogens with two attached hydrogens (primary N) is 1. The van der Waals surface area contributed by atoms with Gasteiger partial charge < -0.3 is 20.5 Å². The number of nitrogens with zero attached hydrogens (tertiary/aromatic N) is 1. The normalized spacial score (nSPS) is 20.9. The maximum Gasteiger partial charge on any atom is 0.419 e. The van der Waals surface area contributed by atoms with Crippen molar-refractivity contribution in [3.05, 3.63) is 35.9 Å². The standard InChI is InChI=1S/C15H19N3O5/c1-10(16)12(19)18(15(22-2)9-17-13(15)20)14(21)23-8-11-6-4-3-5-7-11/h3-7,10H,8-9,16H2,1-2H3,(H,17,20)/t10-,15?/m1/s1. The largest absolute Gasteiger partial charge is 0.444 e. The third-order valence-corrected chi connectivity index (χ3v) is 3.54. The lowest BCUT2D eigenvalue weighted by Gasteiger charge is -2.45. The molecule has 1 aromatic carbocycles. The van der Waals surface area contributed by atoms with Crippen LogP contribution >= 0.6 is 0 Å². The van der Waals surface area contributed by atoms with Crippen molar-refractivity contribution >= 4 is 17.9 Å². The lowest BCUT2D eigenvalue weighted by atomic mass is 10.0. The number of β-lactam (4-membered cyclic amide) rings is 1. The van der Waals surface area contributed by atoms with Gasteiger partial charge in [-0.3, -0.25) is 9.59 Å². The summed E-state index contributed by atoms with van der Waals surface area (Å²) in [4.78, 5) is 37.2. The monoisotopic (exact) mass is 321 g/mol. The molecule has 0 saturated carbocycles. The molecule has 3 amide bonds. The van der Waals surface area contributed by atoms with Crippen LogP contribution in [0.4, 0.5) is 4.79 Å². The van der Waals surface area contributed by atoms with Crippen LogP contribution in [0, 0.1) is 0 Å². The van der Waals surface area contributed by atoms with Crippen LogP contribution in [0.1, 0.15) is 12.5 Å². The maximum atomic E-state index is 12.4. The second-order valence-corrected chi connectivity index (χ2v) is 5.17. The minimum absolute atomic E-state index is 0.0127. The molecule has 0 spiro atoms. The van der Waals surface area contributed by atoms with E-state index < -0.39 is 29.7 Å². The molecule has 3 N–H and O–H groups in total. The first-order chi connectivity index (χ1) is 10.9. The molecule has 2 atom stereocenters. The Morgan fingerprint density at radius 1 is 1.39 bits per heavy atom. The SMILES string of the molecule is COC1(N(C(=O)OCc2ccccc2)C(=O)[C@@H](C)N)CNC1=O. The van der Waals surface area contributed by atoms with E-state index in [9.17, 15) is 14.4 Å². The zero-order chi connectivity index (χ0) is 17.0. The highest BCUT2D eigenvalue weighted by Gasteiger charge is 2.57. The maximum absolute atomic E-state index is 12.4. The molecule has 1 aromatic rings. The first-order valence-corrected chi connectivity index (χ1v) is 7.06. The minimum atomic E-state index is -1.71. The molecule has 1 unspecified atom stereocenters. The topological polar surface area (TPSA) is 111 Å². The van der Waals surface area contributed by atoms with Crippen LogP contribution in [0.3, 0.4) is 0 Å². The predicted molar refractivity (Wildman–Crippen MR) is 79.9 cm³/mol. The van der Waals surface area contributed by atoms with Crippen LogP contribution in [0.2, 0.25) is 0 Å². The Labute approximate surface area is 133 Å². The number of nitrogens with one attached hydrogen (secondary N) is 1. The van der Waals surface area contributed by atoms with Gasteiger partial charge in [0.05, 0.1) is 12.6 Å². The average Bonchev–Trinajstić information content (AvgIpc) is 2.56. The molecule has 0 aromatic heterocycles. The van der Waals surface area contributed by atoms with E-state index in [2.05, 4.69) is 5.32 Å². The molecular weight excluding hydrogens is 302 g/mol. The lowest BCUT2D eigenvalue weighted by Crippen LogP contribution is -2.77. The van der Waals surface area contributed by atoms with E-state index in [1.54, 1.807) is 24.3 Å². The van der Waals surface area contributed by atoms with Gasteiger partial charge in [-0.05, 0) is 12.5 Å². The third kappa shape index (κ3) is 3.17. The zero-order valence-electron chi connectivity index (χ0n) is 12.9. The summed E-state index contributed by atoms with van der Waals surface area (Å²) >= 11 is 0. The molecular formula is C15H19N3O5. The second kappa shape index (κ2) is 6.76. The highest BCUT2D eigenvalue weighted by atomic mass is 16.6. The van der Waals surface area contributed by atoms with Crippen LogP contribution in [0.25, 0.3) is 0 Å². The van der Waals surface area contributed by atoms with Crippen LogP contribution in [-0.4, -0.2) is 48.2 Å². The van der Waals surface area contributed by atoms with Crippen molar-refractivity contribution in [2.75, 3.05) is 13.7 Å². The summed E-state index contributed by atoms with van der Waals surface area (Å²) in [6.07, 6.45) is -0.979. The van der Waals surface area contributed by atoms with Gasteiger partial charge in [-0.2, -0.15) is 0 Å². The van der Waals surface area contributed by atoms with Gasteiger partial charge in [0, 0.05) is 7.11 Å². The van der Waals surface area contributed by atoms with Gasteiger partial charge in [-0.25, -0.2) is 9.69 Å². The smallest absolute Gasteiger partial charge is 0.419 e. The van der Waals surface area contributed by atoms with Crippen LogP contribution in [-0.2, 0) is 25.7 Å². The van der Waals surface area contributed by atoms with E-state index in [-0.39, 0.29) is 13.2 Å². The number of rotatable bonds is 5. The van der Waals surface area contributed by atoms with Crippen LogP contribution in [0.15, 0.2) is 30.3 Å². The Bertz CT molecular complexity index is 600. The van der Waals surface area contributed by atoms with E-state index in [1.165, 1.54) is 14.0 Å². The molecule has 2 rings (SSSR count). The molecule has 0 bridgehead atoms. The van der Waals surface area contributed by atoms with E-state index in [0.717, 1.165) is 5.56 Å². The number of hydrogen-bond donors (Lipinski definition) is 2. The van der Waals surface area contributed by atoms with Gasteiger partial charge in [0.1, 0.15) is 6.61 Å². The number of imide groups is 1. The number of ether oxygens (including phenoxy) is 2. The number of benzene rings is 1. The summed E-state index contributed by atoms with van der Waals surface area (Å²) < 4.78 is 10.3. The molecule has 1 saturated heterocycles. The first-order valence-electron chi connectivity index (χ1n) is 7.06. The molecule has 1 aliphatic heterocycles. The van der Waals surface area contributed by atoms with Crippen molar-refractivity contribution in [1.82, 2.24) is 10.2 Å². The summed E-state index contributed by atoms with van der Waals surface area (Å²) in [6.45, 7) is 1.37. The molecule has 23 heavy (non-hydrogen) atoms. The molecule has 1 heterocycles. The van der Waals surface area contributed by atoms with Gasteiger partial charge in [0.2, 0.25) is 0 Å². The first kappa shape index (κ1) is 16.9. The van der Waals surface area contributed by atoms with Gasteiger partial charge >= 0.3 is 6.09 Å². The van der Waals surface area contributed by atoms with Crippen molar-refractivity contribution < 1.29 is 23.9 Å². The second-order valence-electron chi connectivity index (χ2n) is 5.17. The Balaban J connectivity index is 2.18. The van der Waals surface area contributed by atoms with E-state index >= 15 is 0 Å². The zero-order valence-corrected chi connectivity index (χ0v) is 12.9. The third-order valence-electron chi connectivity index (χ3n) is 3.54. The van der Waals surface area contributed by atoms with Crippen molar-refractivity contribution in [1.29, 1.82) is 0 Å². The quantitative estimate of drug-likeness (QED) is 0.582. The fourth-order valence-corrected chi connectivity index (χ4v) is 2.15. The molecule has 1 aliphatic rings. The van der Waals surface area contributed by atoms with Crippen molar-refractivity contribution in [3.63, 3.8) is 0 Å². The van der Waals surface area contributed by atoms with Crippen molar-refractivity contribution in [3.8, 4) is 0 Å². The van der Waals surface area contributed by atoms with Gasteiger partial charge in [-0.1, -0.05) is 30.3 Å². The summed E-state index contributed by atoms with van der Waals surface area (Å²) in [5.74, 6) is -1.34. The average molecular weight is 321 g/mol. The Morgan fingerprint density at radius 3 is 2.48 bits per heavy atom. The van der Waals surface area contributed by atoms with E-state index in [1.807, 2.05) is 6.07 Å². The summed E-state index contributed by atoms with van der Waals surface area (Å²) in [5, 5.41) is 2.45. The van der Waals surface area contributed by atoms with E-state index in [4.69, 9.17) is 15.2 Å². The minimum Gasteiger partial charge on any atom is -0.444 e. The molecule has 1 fully saturated rings. The predicted octanol–water partition coefficient (Wildman–Crippen LogP) is -0.0285. The number of carbonyl (C=O) groups is 3. The highest BCUT2D eigenvalue weighted by molar-refractivity contribution is 6.03. The van der Waals surface area contributed by atoms with E-state index in [0.29, 0.717) is 4.90 Å². The number of amides is 3. The van der Waals surface area contributed by atoms with Gasteiger partial charge in [-0.15, -0.1) is 0 Å². The van der Waals surface area contributed by atoms with Crippen LogP contribution in [0.5, 0.6) is 0 Å². The Morgan fingerprint density at radius 2 is 2.04 bits per heavy atom. The van der Waals surface area contributed by atoms with Crippen molar-refractivity contribution in [2.24, 2.45) is 5.73 Å². The van der Waals surface area contributed by atoms with Crippen LogP contribution < -0.4 is 11.1 Å². The van der Waals surface area contributed by atoms with Gasteiger partial charge in [0.15, 0.2) is 0 Å². The Hall–Kier alpha value is -2.45. The fourth-order valence-electron chi connectivity index (χ4n) is 2.15.